The molecule has 1 unspecified atom stereocenters. The van der Waals surface area contributed by atoms with Gasteiger partial charge < -0.3 is 10.6 Å². The van der Waals surface area contributed by atoms with E-state index in [1.165, 1.54) is 11.1 Å². The molecule has 1 aromatic rings. The fourth-order valence-corrected chi connectivity index (χ4v) is 2.71. The van der Waals surface area contributed by atoms with Crippen LogP contribution in [0.5, 0.6) is 0 Å². The number of nitrogens with one attached hydrogen (secondary N) is 2. The molecular weight excluding hydrogens is 394 g/mol. The molecule has 0 saturated carbocycles. The standard InChI is InChI=1S/C15H21ClF3N5O.ClH/c1-9(2)13-21-7-10(16)12(23-13)14(25)22-8-11(15(17,18)19)24-5-3-20-4-6-24;/h7,9,11,20H,3-6,8H2,1-2H3,(H,22,25);1H. The van der Waals surface area contributed by atoms with Crippen LogP contribution in [0.1, 0.15) is 36.1 Å². The van der Waals surface area contributed by atoms with Gasteiger partial charge in [0.05, 0.1) is 11.2 Å². The lowest BCUT2D eigenvalue weighted by molar-refractivity contribution is -0.183. The van der Waals surface area contributed by atoms with Crippen LogP contribution < -0.4 is 10.6 Å². The molecule has 2 heterocycles. The van der Waals surface area contributed by atoms with Crippen molar-refractivity contribution in [1.29, 1.82) is 0 Å². The Morgan fingerprint density at radius 1 is 1.38 bits per heavy atom. The largest absolute Gasteiger partial charge is 0.405 e. The summed E-state index contributed by atoms with van der Waals surface area (Å²) < 4.78 is 40.0. The molecule has 1 aliphatic rings. The summed E-state index contributed by atoms with van der Waals surface area (Å²) in [6.45, 7) is 4.63. The van der Waals surface area contributed by atoms with E-state index in [1.54, 1.807) is 0 Å². The van der Waals surface area contributed by atoms with Gasteiger partial charge in [0, 0.05) is 38.6 Å². The minimum absolute atomic E-state index is 0. The van der Waals surface area contributed by atoms with Crippen molar-refractivity contribution in [3.63, 3.8) is 0 Å². The second-order valence-corrected chi connectivity index (χ2v) is 6.54. The minimum Gasteiger partial charge on any atom is -0.349 e. The monoisotopic (exact) mass is 415 g/mol. The lowest BCUT2D eigenvalue weighted by Gasteiger charge is -2.35. The fourth-order valence-electron chi connectivity index (χ4n) is 2.54. The number of aromatic nitrogens is 2. The molecule has 1 aromatic heterocycles. The summed E-state index contributed by atoms with van der Waals surface area (Å²) in [6, 6.07) is -1.75. The molecule has 1 saturated heterocycles. The molecule has 0 bridgehead atoms. The van der Waals surface area contributed by atoms with Gasteiger partial charge in [-0.15, -0.1) is 12.4 Å². The van der Waals surface area contributed by atoms with Crippen molar-refractivity contribution in [3.8, 4) is 0 Å². The van der Waals surface area contributed by atoms with E-state index in [0.29, 0.717) is 18.9 Å². The minimum atomic E-state index is -4.44. The summed E-state index contributed by atoms with van der Waals surface area (Å²) in [4.78, 5) is 21.7. The first-order valence-corrected chi connectivity index (χ1v) is 8.40. The van der Waals surface area contributed by atoms with Gasteiger partial charge in [0.25, 0.3) is 5.91 Å². The highest BCUT2D eigenvalue weighted by Gasteiger charge is 2.43. The summed E-state index contributed by atoms with van der Waals surface area (Å²) in [5.41, 5.74) is -0.110. The van der Waals surface area contributed by atoms with Gasteiger partial charge in [0.15, 0.2) is 0 Å². The average Bonchev–Trinajstić information content (AvgIpc) is 2.54. The van der Waals surface area contributed by atoms with Crippen molar-refractivity contribution in [1.82, 2.24) is 25.5 Å². The highest BCUT2D eigenvalue weighted by Crippen LogP contribution is 2.25. The number of carbonyl (C=O) groups is 1. The smallest absolute Gasteiger partial charge is 0.349 e. The molecule has 2 N–H and O–H groups in total. The zero-order chi connectivity index (χ0) is 18.6. The molecule has 0 aromatic carbocycles. The lowest BCUT2D eigenvalue weighted by atomic mass is 10.2. The molecule has 1 amide bonds. The number of hydrogen-bond acceptors (Lipinski definition) is 5. The van der Waals surface area contributed by atoms with Crippen molar-refractivity contribution >= 4 is 29.9 Å². The van der Waals surface area contributed by atoms with Crippen LogP contribution in [0, 0.1) is 0 Å². The Hall–Kier alpha value is -1.16. The first-order chi connectivity index (χ1) is 11.7. The Labute approximate surface area is 161 Å². The van der Waals surface area contributed by atoms with E-state index in [0.717, 1.165) is 0 Å². The Kier molecular flexibility index (Phi) is 8.52. The summed E-state index contributed by atoms with van der Waals surface area (Å²) in [6.07, 6.45) is -3.15. The Morgan fingerprint density at radius 2 is 2.00 bits per heavy atom. The molecule has 0 aliphatic carbocycles. The zero-order valence-electron chi connectivity index (χ0n) is 14.4. The number of hydrogen-bond donors (Lipinski definition) is 2. The van der Waals surface area contributed by atoms with E-state index >= 15 is 0 Å². The second kappa shape index (κ2) is 9.68. The predicted octanol–water partition coefficient (Wildman–Crippen LogP) is 2.24. The predicted molar refractivity (Wildman–Crippen MR) is 95.0 cm³/mol. The lowest BCUT2D eigenvalue weighted by Crippen LogP contribution is -2.57. The van der Waals surface area contributed by atoms with Crippen LogP contribution in [0.4, 0.5) is 13.2 Å². The third-order valence-electron chi connectivity index (χ3n) is 3.92. The molecule has 26 heavy (non-hydrogen) atoms. The van der Waals surface area contributed by atoms with Gasteiger partial charge >= 0.3 is 6.18 Å². The Morgan fingerprint density at radius 3 is 2.54 bits per heavy atom. The molecule has 1 atom stereocenters. The molecule has 11 heteroatoms. The third-order valence-corrected chi connectivity index (χ3v) is 4.20. The maximum Gasteiger partial charge on any atom is 0.405 e. The second-order valence-electron chi connectivity index (χ2n) is 6.13. The van der Waals surface area contributed by atoms with E-state index in [9.17, 15) is 18.0 Å². The summed E-state index contributed by atoms with van der Waals surface area (Å²) in [7, 11) is 0. The van der Waals surface area contributed by atoms with Gasteiger partial charge in [-0.2, -0.15) is 13.2 Å². The average molecular weight is 416 g/mol. The first kappa shape index (κ1) is 22.9. The topological polar surface area (TPSA) is 70.2 Å². The van der Waals surface area contributed by atoms with Gasteiger partial charge in [0.1, 0.15) is 17.6 Å². The van der Waals surface area contributed by atoms with E-state index in [2.05, 4.69) is 20.6 Å². The quantitative estimate of drug-likeness (QED) is 0.771. The van der Waals surface area contributed by atoms with Crippen LogP contribution in [0.15, 0.2) is 6.20 Å². The molecule has 0 radical (unpaired) electrons. The van der Waals surface area contributed by atoms with E-state index in [1.807, 2.05) is 13.8 Å². The van der Waals surface area contributed by atoms with Crippen molar-refractivity contribution < 1.29 is 18.0 Å². The van der Waals surface area contributed by atoms with Crippen molar-refractivity contribution in [3.05, 3.63) is 22.7 Å². The number of amides is 1. The summed E-state index contributed by atoms with van der Waals surface area (Å²) >= 11 is 5.92. The summed E-state index contributed by atoms with van der Waals surface area (Å²) in [5.74, 6) is -0.365. The van der Waals surface area contributed by atoms with Gasteiger partial charge in [-0.3, -0.25) is 9.69 Å². The maximum absolute atomic E-state index is 13.3. The number of piperazine rings is 1. The van der Waals surface area contributed by atoms with Crippen LogP contribution >= 0.6 is 24.0 Å². The van der Waals surface area contributed by atoms with Gasteiger partial charge in [-0.1, -0.05) is 25.4 Å². The van der Waals surface area contributed by atoms with Crippen LogP contribution in [-0.2, 0) is 0 Å². The molecule has 1 fully saturated rings. The highest BCUT2D eigenvalue weighted by molar-refractivity contribution is 6.33. The summed E-state index contributed by atoms with van der Waals surface area (Å²) in [5, 5.41) is 5.33. The fraction of sp³-hybridized carbons (Fsp3) is 0.667. The Balaban J connectivity index is 0.00000338. The molecule has 2 rings (SSSR count). The van der Waals surface area contributed by atoms with E-state index < -0.39 is 24.7 Å². The molecular formula is C15H22Cl2F3N5O. The number of rotatable bonds is 5. The number of halogens is 5. The normalized spacial score (nSPS) is 16.9. The first-order valence-electron chi connectivity index (χ1n) is 8.02. The number of alkyl halides is 3. The van der Waals surface area contributed by atoms with Crippen molar-refractivity contribution in [2.24, 2.45) is 0 Å². The van der Waals surface area contributed by atoms with E-state index in [4.69, 9.17) is 11.6 Å². The Bertz CT molecular complexity index is 609. The highest BCUT2D eigenvalue weighted by atomic mass is 35.5. The van der Waals surface area contributed by atoms with E-state index in [-0.39, 0.29) is 42.1 Å². The van der Waals surface area contributed by atoms with Gasteiger partial charge in [-0.25, -0.2) is 9.97 Å². The zero-order valence-corrected chi connectivity index (χ0v) is 16.0. The molecule has 148 valence electrons. The van der Waals surface area contributed by atoms with Crippen LogP contribution in [0.2, 0.25) is 5.02 Å². The van der Waals surface area contributed by atoms with Crippen LogP contribution in [0.3, 0.4) is 0 Å². The number of carbonyl (C=O) groups excluding carboxylic acids is 1. The van der Waals surface area contributed by atoms with Gasteiger partial charge in [0.2, 0.25) is 0 Å². The maximum atomic E-state index is 13.3. The SMILES string of the molecule is CC(C)c1ncc(Cl)c(C(=O)NCC(N2CCNCC2)C(F)(F)F)n1.Cl. The van der Waals surface area contributed by atoms with Crippen molar-refractivity contribution in [2.45, 2.75) is 32.0 Å². The molecule has 6 nitrogen and oxygen atoms in total. The van der Waals surface area contributed by atoms with Crippen LogP contribution in [-0.4, -0.2) is 65.7 Å². The van der Waals surface area contributed by atoms with Crippen molar-refractivity contribution in [2.75, 3.05) is 32.7 Å². The molecule has 1 aliphatic heterocycles. The third kappa shape index (κ3) is 5.94. The molecule has 0 spiro atoms. The van der Waals surface area contributed by atoms with Crippen LogP contribution in [0.25, 0.3) is 0 Å². The van der Waals surface area contributed by atoms with Gasteiger partial charge in [-0.05, 0) is 0 Å². The number of nitrogens with zero attached hydrogens (tertiary/aromatic N) is 3.